The van der Waals surface area contributed by atoms with Gasteiger partial charge < -0.3 is 4.74 Å². The summed E-state index contributed by atoms with van der Waals surface area (Å²) in [6.07, 6.45) is 5.92. The number of benzene rings is 1. The maximum atomic E-state index is 11.3. The van der Waals surface area contributed by atoms with Crippen LogP contribution in [0.5, 0.6) is 0 Å². The molecule has 0 aliphatic carbocycles. The molecule has 2 aromatic heterocycles. The highest BCUT2D eigenvalue weighted by atomic mass is 35.5. The minimum atomic E-state index is -0.110. The fourth-order valence-electron chi connectivity index (χ4n) is 2.69. The second-order valence-electron chi connectivity index (χ2n) is 5.88. The van der Waals surface area contributed by atoms with E-state index < -0.39 is 0 Å². The monoisotopic (exact) mass is 373 g/mol. The van der Waals surface area contributed by atoms with Crippen molar-refractivity contribution in [2.24, 2.45) is 0 Å². The Morgan fingerprint density at radius 1 is 1.19 bits per heavy atom. The van der Waals surface area contributed by atoms with Crippen LogP contribution < -0.4 is 0 Å². The summed E-state index contributed by atoms with van der Waals surface area (Å²) in [4.78, 5) is 19.4. The van der Waals surface area contributed by atoms with E-state index >= 15 is 0 Å². The number of esters is 1. The molecule has 8 heteroatoms. The van der Waals surface area contributed by atoms with E-state index in [-0.39, 0.29) is 11.3 Å². The summed E-state index contributed by atoms with van der Waals surface area (Å²) in [7, 11) is 0. The molecule has 0 unspecified atom stereocenters. The molecular weight excluding hydrogens is 354 g/mol. The van der Waals surface area contributed by atoms with Gasteiger partial charge in [-0.25, -0.2) is 4.98 Å². The third-order valence-corrected chi connectivity index (χ3v) is 4.18. The molecule has 0 fully saturated rings. The van der Waals surface area contributed by atoms with Crippen molar-refractivity contribution in [3.05, 3.63) is 41.3 Å². The number of carbonyl (C=O) groups excluding carboxylic acids is 1. The van der Waals surface area contributed by atoms with Crippen LogP contribution in [0.4, 0.5) is 0 Å². The highest BCUT2D eigenvalue weighted by Crippen LogP contribution is 2.17. The van der Waals surface area contributed by atoms with Crippen LogP contribution in [-0.4, -0.2) is 37.5 Å². The van der Waals surface area contributed by atoms with E-state index in [2.05, 4.69) is 32.4 Å². The Balaban J connectivity index is 1.55. The fourth-order valence-corrected chi connectivity index (χ4v) is 2.82. The quantitative estimate of drug-likeness (QED) is 0.341. The van der Waals surface area contributed by atoms with Gasteiger partial charge in [0.2, 0.25) is 5.28 Å². The zero-order valence-corrected chi connectivity index (χ0v) is 15.3. The molecule has 26 heavy (non-hydrogen) atoms. The highest BCUT2D eigenvalue weighted by Gasteiger charge is 2.09. The van der Waals surface area contributed by atoms with Crippen LogP contribution in [0.15, 0.2) is 30.5 Å². The third kappa shape index (κ3) is 4.54. The molecule has 0 aliphatic heterocycles. The lowest BCUT2D eigenvalue weighted by Crippen LogP contribution is -2.03. The number of aromatic nitrogens is 5. The maximum Gasteiger partial charge on any atom is 0.305 e. The van der Waals surface area contributed by atoms with Gasteiger partial charge in [0, 0.05) is 6.42 Å². The van der Waals surface area contributed by atoms with Crippen molar-refractivity contribution < 1.29 is 9.53 Å². The van der Waals surface area contributed by atoms with Gasteiger partial charge in [0.1, 0.15) is 0 Å². The van der Waals surface area contributed by atoms with Crippen LogP contribution in [0.3, 0.4) is 0 Å². The van der Waals surface area contributed by atoms with Crippen LogP contribution in [0.1, 0.15) is 38.2 Å². The number of rotatable bonds is 8. The van der Waals surface area contributed by atoms with E-state index in [1.54, 1.807) is 10.9 Å². The van der Waals surface area contributed by atoms with Gasteiger partial charge in [0.15, 0.2) is 11.2 Å². The second-order valence-corrected chi connectivity index (χ2v) is 6.22. The summed E-state index contributed by atoms with van der Waals surface area (Å²) < 4.78 is 6.57. The number of hydrogen-bond acceptors (Lipinski definition) is 6. The van der Waals surface area contributed by atoms with E-state index in [0.717, 1.165) is 31.4 Å². The number of unbranched alkanes of at least 4 members (excludes halogenated alkanes) is 2. The standard InChI is InChI=1S/C18H20ClN5O2/c1-2-26-16(25)7-5-3-4-6-13-8-10-14(11-9-13)24-17-15(22-23-24)12-20-18(19)21-17/h8-12H,2-7H2,1H3. The molecule has 136 valence electrons. The molecule has 0 spiro atoms. The molecule has 0 amide bonds. The summed E-state index contributed by atoms with van der Waals surface area (Å²) >= 11 is 5.86. The Kier molecular flexibility index (Phi) is 6.12. The third-order valence-electron chi connectivity index (χ3n) is 4.00. The first kappa shape index (κ1) is 18.3. The van der Waals surface area contributed by atoms with Crippen molar-refractivity contribution in [2.45, 2.75) is 39.0 Å². The summed E-state index contributed by atoms with van der Waals surface area (Å²) in [6.45, 7) is 2.27. The largest absolute Gasteiger partial charge is 0.466 e. The lowest BCUT2D eigenvalue weighted by Gasteiger charge is -2.05. The predicted octanol–water partition coefficient (Wildman–Crippen LogP) is 3.53. The topological polar surface area (TPSA) is 82.8 Å². The lowest BCUT2D eigenvalue weighted by molar-refractivity contribution is -0.143. The van der Waals surface area contributed by atoms with Gasteiger partial charge in [0.25, 0.3) is 0 Å². The zero-order chi connectivity index (χ0) is 18.4. The molecular formula is C18H20ClN5O2. The van der Waals surface area contributed by atoms with E-state index in [4.69, 9.17) is 16.3 Å². The predicted molar refractivity (Wildman–Crippen MR) is 98.3 cm³/mol. The molecule has 2 heterocycles. The summed E-state index contributed by atoms with van der Waals surface area (Å²) in [5.41, 5.74) is 3.28. The Morgan fingerprint density at radius 2 is 2.00 bits per heavy atom. The summed E-state index contributed by atoms with van der Waals surface area (Å²) in [5, 5.41) is 8.33. The Morgan fingerprint density at radius 3 is 2.77 bits per heavy atom. The Labute approximate surface area is 156 Å². The average molecular weight is 374 g/mol. The van der Waals surface area contributed by atoms with Gasteiger partial charge in [-0.1, -0.05) is 23.8 Å². The van der Waals surface area contributed by atoms with Gasteiger partial charge >= 0.3 is 5.97 Å². The molecule has 0 aliphatic rings. The molecule has 0 atom stereocenters. The SMILES string of the molecule is CCOC(=O)CCCCCc1ccc(-n2nnc3cnc(Cl)nc32)cc1. The molecule has 3 rings (SSSR count). The fraction of sp³-hybridized carbons (Fsp3) is 0.389. The number of fused-ring (bicyclic) bond motifs is 1. The molecule has 0 saturated carbocycles. The molecule has 0 N–H and O–H groups in total. The minimum absolute atomic E-state index is 0.110. The normalized spacial score (nSPS) is 11.0. The number of carbonyl (C=O) groups is 1. The zero-order valence-electron chi connectivity index (χ0n) is 14.6. The lowest BCUT2D eigenvalue weighted by atomic mass is 10.1. The number of hydrogen-bond donors (Lipinski definition) is 0. The van der Waals surface area contributed by atoms with Crippen molar-refractivity contribution in [3.8, 4) is 5.69 Å². The first-order valence-corrected chi connectivity index (χ1v) is 9.04. The molecule has 0 radical (unpaired) electrons. The van der Waals surface area contributed by atoms with Crippen molar-refractivity contribution in [1.29, 1.82) is 0 Å². The van der Waals surface area contributed by atoms with Gasteiger partial charge in [-0.3, -0.25) is 4.79 Å². The van der Waals surface area contributed by atoms with Crippen LogP contribution >= 0.6 is 11.6 Å². The van der Waals surface area contributed by atoms with Crippen LogP contribution in [0, 0.1) is 0 Å². The maximum absolute atomic E-state index is 11.3. The van der Waals surface area contributed by atoms with Crippen LogP contribution in [0.25, 0.3) is 16.9 Å². The van der Waals surface area contributed by atoms with Gasteiger partial charge in [-0.15, -0.1) is 5.10 Å². The first-order valence-electron chi connectivity index (χ1n) is 8.66. The molecule has 1 aromatic carbocycles. The van der Waals surface area contributed by atoms with E-state index in [1.165, 1.54) is 5.56 Å². The summed E-state index contributed by atoms with van der Waals surface area (Å²) in [6, 6.07) is 8.10. The smallest absolute Gasteiger partial charge is 0.305 e. The van der Waals surface area contributed by atoms with E-state index in [1.807, 2.05) is 19.1 Å². The molecule has 7 nitrogen and oxygen atoms in total. The van der Waals surface area contributed by atoms with E-state index in [0.29, 0.717) is 24.2 Å². The first-order chi connectivity index (χ1) is 12.7. The second kappa shape index (κ2) is 8.71. The summed E-state index contributed by atoms with van der Waals surface area (Å²) in [5.74, 6) is -0.110. The van der Waals surface area contributed by atoms with Crippen LogP contribution in [0.2, 0.25) is 5.28 Å². The Hall–Kier alpha value is -2.54. The van der Waals surface area contributed by atoms with Crippen molar-refractivity contribution >= 4 is 28.7 Å². The van der Waals surface area contributed by atoms with Gasteiger partial charge in [0.05, 0.1) is 18.5 Å². The number of halogens is 1. The average Bonchev–Trinajstić information content (AvgIpc) is 3.05. The van der Waals surface area contributed by atoms with Crippen molar-refractivity contribution in [3.63, 3.8) is 0 Å². The van der Waals surface area contributed by atoms with Crippen molar-refractivity contribution in [2.75, 3.05) is 6.61 Å². The highest BCUT2D eigenvalue weighted by molar-refractivity contribution is 6.28. The van der Waals surface area contributed by atoms with E-state index in [9.17, 15) is 4.79 Å². The van der Waals surface area contributed by atoms with Crippen molar-refractivity contribution in [1.82, 2.24) is 25.0 Å². The molecule has 0 bridgehead atoms. The molecule has 3 aromatic rings. The van der Waals surface area contributed by atoms with Gasteiger partial charge in [-0.05, 0) is 55.5 Å². The minimum Gasteiger partial charge on any atom is -0.466 e. The van der Waals surface area contributed by atoms with Crippen LogP contribution in [-0.2, 0) is 16.0 Å². The van der Waals surface area contributed by atoms with Gasteiger partial charge in [-0.2, -0.15) is 9.67 Å². The Bertz CT molecular complexity index is 879. The number of nitrogens with zero attached hydrogens (tertiary/aromatic N) is 5. The number of ether oxygens (including phenoxy) is 1. The molecule has 0 saturated heterocycles. The number of aryl methyl sites for hydroxylation is 1.